The highest BCUT2D eigenvalue weighted by Gasteiger charge is 2.44. The van der Waals surface area contributed by atoms with Crippen LogP contribution in [0.3, 0.4) is 0 Å². The number of carbonyl (C=O) groups is 1. The fourth-order valence-electron chi connectivity index (χ4n) is 2.01. The van der Waals surface area contributed by atoms with Crippen molar-refractivity contribution in [3.05, 3.63) is 35.6 Å². The first kappa shape index (κ1) is 11.6. The topological polar surface area (TPSA) is 53.5 Å². The Morgan fingerprint density at radius 1 is 1.35 bits per heavy atom. The van der Waals surface area contributed by atoms with E-state index in [4.69, 9.17) is 0 Å². The van der Waals surface area contributed by atoms with Crippen molar-refractivity contribution in [2.24, 2.45) is 4.99 Å². The number of amides is 1. The summed E-state index contributed by atoms with van der Waals surface area (Å²) in [7, 11) is 1.60. The zero-order valence-electron chi connectivity index (χ0n) is 9.75. The lowest BCUT2D eigenvalue weighted by Crippen LogP contribution is -2.43. The fraction of sp³-hybridized carbons (Fsp3) is 0.333. The third-order valence-corrected chi connectivity index (χ3v) is 3.04. The maximum absolute atomic E-state index is 12.9. The summed E-state index contributed by atoms with van der Waals surface area (Å²) in [6.07, 6.45) is 0.559. The SMILES string of the molecule is CCC1(c2ccc(F)cc2)NC(=NC)NC1=O. The molecule has 1 atom stereocenters. The number of halogens is 1. The third kappa shape index (κ3) is 1.77. The van der Waals surface area contributed by atoms with E-state index in [1.807, 2.05) is 6.92 Å². The van der Waals surface area contributed by atoms with Crippen molar-refractivity contribution in [1.82, 2.24) is 10.6 Å². The molecule has 1 amide bonds. The van der Waals surface area contributed by atoms with Crippen LogP contribution in [0.15, 0.2) is 29.3 Å². The highest BCUT2D eigenvalue weighted by Crippen LogP contribution is 2.28. The second-order valence-electron chi connectivity index (χ2n) is 3.92. The predicted molar refractivity (Wildman–Crippen MR) is 63.0 cm³/mol. The summed E-state index contributed by atoms with van der Waals surface area (Å²) in [6.45, 7) is 1.90. The Morgan fingerprint density at radius 2 is 2.00 bits per heavy atom. The number of guanidine groups is 1. The molecule has 1 heterocycles. The molecule has 0 bridgehead atoms. The molecule has 0 aliphatic carbocycles. The van der Waals surface area contributed by atoms with E-state index in [1.165, 1.54) is 12.1 Å². The highest BCUT2D eigenvalue weighted by molar-refractivity contribution is 6.09. The van der Waals surface area contributed by atoms with E-state index in [0.29, 0.717) is 12.4 Å². The van der Waals surface area contributed by atoms with Crippen LogP contribution in [0, 0.1) is 5.82 Å². The van der Waals surface area contributed by atoms with E-state index < -0.39 is 5.54 Å². The van der Waals surface area contributed by atoms with Crippen LogP contribution in [0.2, 0.25) is 0 Å². The molecule has 2 N–H and O–H groups in total. The summed E-state index contributed by atoms with van der Waals surface area (Å²) in [4.78, 5) is 16.0. The van der Waals surface area contributed by atoms with Crippen LogP contribution in [0.1, 0.15) is 18.9 Å². The van der Waals surface area contributed by atoms with Gasteiger partial charge >= 0.3 is 0 Å². The van der Waals surface area contributed by atoms with Gasteiger partial charge < -0.3 is 5.32 Å². The van der Waals surface area contributed by atoms with Gasteiger partial charge in [-0.3, -0.25) is 15.1 Å². The van der Waals surface area contributed by atoms with Gasteiger partial charge in [0.2, 0.25) is 0 Å². The molecule has 0 saturated carbocycles. The Kier molecular flexibility index (Phi) is 2.83. The number of nitrogens with one attached hydrogen (secondary N) is 2. The van der Waals surface area contributed by atoms with E-state index in [2.05, 4.69) is 15.6 Å². The van der Waals surface area contributed by atoms with E-state index in [0.717, 1.165) is 5.56 Å². The van der Waals surface area contributed by atoms with Gasteiger partial charge in [0.1, 0.15) is 11.4 Å². The van der Waals surface area contributed by atoms with Gasteiger partial charge in [-0.05, 0) is 24.1 Å². The number of benzene rings is 1. The van der Waals surface area contributed by atoms with Crippen LogP contribution in [0.25, 0.3) is 0 Å². The minimum atomic E-state index is -0.845. The molecule has 1 unspecified atom stereocenters. The summed E-state index contributed by atoms with van der Waals surface area (Å²) in [5.41, 5.74) is -0.111. The smallest absolute Gasteiger partial charge is 0.257 e. The maximum atomic E-state index is 12.9. The van der Waals surface area contributed by atoms with Gasteiger partial charge in [-0.15, -0.1) is 0 Å². The first-order valence-electron chi connectivity index (χ1n) is 5.45. The van der Waals surface area contributed by atoms with E-state index >= 15 is 0 Å². The van der Waals surface area contributed by atoms with Gasteiger partial charge in [0.25, 0.3) is 5.91 Å². The molecule has 5 heteroatoms. The van der Waals surface area contributed by atoms with Crippen molar-refractivity contribution in [3.63, 3.8) is 0 Å². The Balaban J connectivity index is 2.45. The lowest BCUT2D eigenvalue weighted by Gasteiger charge is -2.25. The fourth-order valence-corrected chi connectivity index (χ4v) is 2.01. The molecule has 2 rings (SSSR count). The molecule has 1 aliphatic rings. The van der Waals surface area contributed by atoms with Crippen LogP contribution in [0.5, 0.6) is 0 Å². The van der Waals surface area contributed by atoms with Gasteiger partial charge in [0, 0.05) is 7.05 Å². The second kappa shape index (κ2) is 4.16. The number of rotatable bonds is 2. The Labute approximate surface area is 98.9 Å². The van der Waals surface area contributed by atoms with Gasteiger partial charge in [0.15, 0.2) is 5.96 Å². The summed E-state index contributed by atoms with van der Waals surface area (Å²) in [6, 6.07) is 5.93. The largest absolute Gasteiger partial charge is 0.338 e. The van der Waals surface area contributed by atoms with Crippen LogP contribution in [0.4, 0.5) is 4.39 Å². The summed E-state index contributed by atoms with van der Waals surface area (Å²) < 4.78 is 12.9. The summed E-state index contributed by atoms with van der Waals surface area (Å²) in [5.74, 6) is -0.0313. The molecule has 17 heavy (non-hydrogen) atoms. The van der Waals surface area contributed by atoms with Gasteiger partial charge in [0.05, 0.1) is 0 Å². The molecular weight excluding hydrogens is 221 g/mol. The first-order valence-corrected chi connectivity index (χ1v) is 5.45. The second-order valence-corrected chi connectivity index (χ2v) is 3.92. The summed E-state index contributed by atoms with van der Waals surface area (Å²) >= 11 is 0. The van der Waals surface area contributed by atoms with Gasteiger partial charge in [-0.25, -0.2) is 4.39 Å². The third-order valence-electron chi connectivity index (χ3n) is 3.04. The van der Waals surface area contributed by atoms with E-state index in [9.17, 15) is 9.18 Å². The maximum Gasteiger partial charge on any atom is 0.257 e. The monoisotopic (exact) mass is 235 g/mol. The van der Waals surface area contributed by atoms with Crippen molar-refractivity contribution in [1.29, 1.82) is 0 Å². The van der Waals surface area contributed by atoms with Crippen molar-refractivity contribution < 1.29 is 9.18 Å². The molecule has 4 nitrogen and oxygen atoms in total. The molecule has 1 fully saturated rings. The average molecular weight is 235 g/mol. The van der Waals surface area contributed by atoms with Crippen LogP contribution in [-0.2, 0) is 10.3 Å². The molecular formula is C12H14FN3O. The number of carbonyl (C=O) groups excluding carboxylic acids is 1. The quantitative estimate of drug-likeness (QED) is 0.807. The zero-order chi connectivity index (χ0) is 12.5. The highest BCUT2D eigenvalue weighted by atomic mass is 19.1. The minimum Gasteiger partial charge on any atom is -0.338 e. The van der Waals surface area contributed by atoms with Crippen LogP contribution < -0.4 is 10.6 Å². The molecule has 90 valence electrons. The standard InChI is InChI=1S/C12H14FN3O/c1-3-12(8-4-6-9(13)7-5-8)10(17)15-11(14-2)16-12/h4-7H,3H2,1-2H3,(H2,14,15,16,17). The number of hydrogen-bond acceptors (Lipinski definition) is 2. The average Bonchev–Trinajstić information content (AvgIpc) is 2.68. The molecule has 0 spiro atoms. The number of aliphatic imine (C=N–C) groups is 1. The van der Waals surface area contributed by atoms with Crippen molar-refractivity contribution in [3.8, 4) is 0 Å². The van der Waals surface area contributed by atoms with E-state index in [1.54, 1.807) is 19.2 Å². The van der Waals surface area contributed by atoms with E-state index in [-0.39, 0.29) is 11.7 Å². The van der Waals surface area contributed by atoms with Crippen molar-refractivity contribution in [2.45, 2.75) is 18.9 Å². The van der Waals surface area contributed by atoms with Crippen molar-refractivity contribution in [2.75, 3.05) is 7.05 Å². The lowest BCUT2D eigenvalue weighted by molar-refractivity contribution is -0.124. The zero-order valence-corrected chi connectivity index (χ0v) is 9.75. The van der Waals surface area contributed by atoms with Gasteiger partial charge in [-0.1, -0.05) is 19.1 Å². The predicted octanol–water partition coefficient (Wildman–Crippen LogP) is 1.14. The molecule has 0 radical (unpaired) electrons. The summed E-state index contributed by atoms with van der Waals surface area (Å²) in [5, 5.41) is 5.72. The van der Waals surface area contributed by atoms with Crippen molar-refractivity contribution >= 4 is 11.9 Å². The van der Waals surface area contributed by atoms with Crippen LogP contribution >= 0.6 is 0 Å². The Morgan fingerprint density at radius 3 is 2.47 bits per heavy atom. The molecule has 1 aromatic rings. The molecule has 1 aliphatic heterocycles. The normalized spacial score (nSPS) is 25.8. The minimum absolute atomic E-state index is 0.160. The number of nitrogens with zero attached hydrogens (tertiary/aromatic N) is 1. The Hall–Kier alpha value is -1.91. The Bertz CT molecular complexity index is 469. The number of hydrogen-bond donors (Lipinski definition) is 2. The van der Waals surface area contributed by atoms with Gasteiger partial charge in [-0.2, -0.15) is 0 Å². The molecule has 1 saturated heterocycles. The molecule has 1 aromatic carbocycles. The molecule has 0 aromatic heterocycles. The lowest BCUT2D eigenvalue weighted by atomic mass is 9.87. The first-order chi connectivity index (χ1) is 8.12. The van der Waals surface area contributed by atoms with Crippen LogP contribution in [-0.4, -0.2) is 18.9 Å².